The van der Waals surface area contributed by atoms with Crippen molar-refractivity contribution in [1.29, 1.82) is 0 Å². The minimum Gasteiger partial charge on any atom is -0.459 e. The van der Waals surface area contributed by atoms with Gasteiger partial charge in [-0.1, -0.05) is 26.0 Å². The molecule has 188 valence electrons. The Bertz CT molecular complexity index is 1490. The molecule has 2 aromatic heterocycles. The van der Waals surface area contributed by atoms with E-state index in [1.165, 1.54) is 6.08 Å². The highest BCUT2D eigenvalue weighted by Crippen LogP contribution is 2.32. The van der Waals surface area contributed by atoms with Crippen molar-refractivity contribution < 1.29 is 14.0 Å². The molecule has 1 saturated heterocycles. The number of carbonyl (C=O) groups is 2. The van der Waals surface area contributed by atoms with Crippen LogP contribution in [0.1, 0.15) is 41.1 Å². The first-order valence-electron chi connectivity index (χ1n) is 12.3. The summed E-state index contributed by atoms with van der Waals surface area (Å²) in [5.74, 6) is 0.957. The second-order valence-electron chi connectivity index (χ2n) is 10.4. The molecule has 7 heteroatoms. The van der Waals surface area contributed by atoms with Crippen molar-refractivity contribution in [3.05, 3.63) is 89.3 Å². The molecule has 3 heterocycles. The highest BCUT2D eigenvalue weighted by molar-refractivity contribution is 5.96. The molecule has 0 bridgehead atoms. The number of nitrogens with zero attached hydrogens (tertiary/aromatic N) is 2. The van der Waals surface area contributed by atoms with E-state index < -0.39 is 0 Å². The smallest absolute Gasteiger partial charge is 0.253 e. The van der Waals surface area contributed by atoms with Gasteiger partial charge >= 0.3 is 0 Å². The second-order valence-corrected chi connectivity index (χ2v) is 10.4. The lowest BCUT2D eigenvalue weighted by Gasteiger charge is -2.45. The Balaban J connectivity index is 1.25. The van der Waals surface area contributed by atoms with Crippen LogP contribution in [0.25, 0.3) is 28.2 Å². The van der Waals surface area contributed by atoms with E-state index in [1.54, 1.807) is 24.4 Å². The van der Waals surface area contributed by atoms with E-state index in [2.05, 4.69) is 36.3 Å². The summed E-state index contributed by atoms with van der Waals surface area (Å²) in [4.78, 5) is 30.8. The van der Waals surface area contributed by atoms with Gasteiger partial charge < -0.3 is 20.4 Å². The Hall–Kier alpha value is -4.39. The monoisotopic (exact) mass is 494 g/mol. The fourth-order valence-corrected chi connectivity index (χ4v) is 4.67. The minimum absolute atomic E-state index is 0.0824. The minimum atomic E-state index is -0.230. The molecule has 1 aliphatic rings. The van der Waals surface area contributed by atoms with Gasteiger partial charge in [-0.05, 0) is 83.1 Å². The number of amides is 2. The number of carbonyl (C=O) groups excluding carboxylic acids is 2. The maximum absolute atomic E-state index is 12.7. The number of likely N-dealkylation sites (tertiary alicyclic amines) is 1. The van der Waals surface area contributed by atoms with E-state index in [4.69, 9.17) is 10.2 Å². The van der Waals surface area contributed by atoms with E-state index in [-0.39, 0.29) is 23.8 Å². The van der Waals surface area contributed by atoms with Crippen LogP contribution in [-0.4, -0.2) is 34.8 Å². The Morgan fingerprint density at radius 2 is 1.84 bits per heavy atom. The molecule has 5 rings (SSSR count). The summed E-state index contributed by atoms with van der Waals surface area (Å²) >= 11 is 0. The number of nitrogen functional groups attached to an aromatic ring is 1. The summed E-state index contributed by atoms with van der Waals surface area (Å²) in [7, 11) is 0. The molecule has 1 aliphatic heterocycles. The molecule has 0 atom stereocenters. The van der Waals surface area contributed by atoms with Crippen molar-refractivity contribution in [2.45, 2.75) is 27.3 Å². The summed E-state index contributed by atoms with van der Waals surface area (Å²) in [6.07, 6.45) is 4.74. The zero-order chi connectivity index (χ0) is 26.2. The third kappa shape index (κ3) is 5.40. The van der Waals surface area contributed by atoms with Crippen LogP contribution in [0, 0.1) is 12.3 Å². The average molecular weight is 495 g/mol. The first-order valence-corrected chi connectivity index (χ1v) is 12.3. The van der Waals surface area contributed by atoms with Crippen molar-refractivity contribution in [3.8, 4) is 11.1 Å². The average Bonchev–Trinajstić information content (AvgIpc) is 3.29. The maximum Gasteiger partial charge on any atom is 0.253 e. The van der Waals surface area contributed by atoms with Gasteiger partial charge in [0, 0.05) is 36.3 Å². The molecule has 3 N–H and O–H groups in total. The lowest BCUT2D eigenvalue weighted by molar-refractivity contribution is -0.116. The lowest BCUT2D eigenvalue weighted by Crippen LogP contribution is -2.55. The zero-order valence-corrected chi connectivity index (χ0v) is 21.2. The van der Waals surface area contributed by atoms with E-state index in [0.717, 1.165) is 46.3 Å². The fraction of sp³-hybridized carbons (Fsp3) is 0.233. The van der Waals surface area contributed by atoms with Gasteiger partial charge in [-0.15, -0.1) is 0 Å². The van der Waals surface area contributed by atoms with Gasteiger partial charge in [0.05, 0.1) is 6.54 Å². The molecule has 7 nitrogen and oxygen atoms in total. The van der Waals surface area contributed by atoms with E-state index in [0.29, 0.717) is 17.1 Å². The number of nitrogens with two attached hydrogens (primary N) is 1. The standard InChI is InChI=1S/C30H30N4O3/c1-19-12-23(21-6-8-22(9-7-21)29(36)34-17-30(2,3)18-34)13-24-14-25(37-28(19)24)16-33-27(35)11-5-20-4-10-26(31)32-15-20/h4-15H,16-18H2,1-3H3,(H2,31,32)(H,33,35). The third-order valence-corrected chi connectivity index (χ3v) is 6.52. The molecule has 0 unspecified atom stereocenters. The number of fused-ring (bicyclic) bond motifs is 1. The van der Waals surface area contributed by atoms with Gasteiger partial charge in [0.1, 0.15) is 17.2 Å². The molecule has 0 radical (unpaired) electrons. The number of furan rings is 1. The molecule has 0 spiro atoms. The van der Waals surface area contributed by atoms with Gasteiger partial charge in [-0.2, -0.15) is 0 Å². The maximum atomic E-state index is 12.7. The summed E-state index contributed by atoms with van der Waals surface area (Å²) in [5, 5.41) is 3.81. The SMILES string of the molecule is Cc1cc(-c2ccc(C(=O)N3CC(C)(C)C3)cc2)cc2cc(CNC(=O)C=Cc3ccc(N)nc3)oc12. The Morgan fingerprint density at radius 1 is 1.08 bits per heavy atom. The summed E-state index contributed by atoms with van der Waals surface area (Å²) in [6.45, 7) is 8.21. The molecule has 4 aromatic rings. The quantitative estimate of drug-likeness (QED) is 0.359. The van der Waals surface area contributed by atoms with Crippen molar-refractivity contribution in [1.82, 2.24) is 15.2 Å². The number of rotatable bonds is 6. The molecule has 0 aliphatic carbocycles. The number of aryl methyl sites for hydroxylation is 1. The number of hydrogen-bond donors (Lipinski definition) is 2. The molecular weight excluding hydrogens is 464 g/mol. The number of benzene rings is 2. The Morgan fingerprint density at radius 3 is 2.51 bits per heavy atom. The zero-order valence-electron chi connectivity index (χ0n) is 21.2. The first-order chi connectivity index (χ1) is 17.7. The first kappa shape index (κ1) is 24.3. The van der Waals surface area contributed by atoms with Crippen LogP contribution in [0.4, 0.5) is 5.82 Å². The Kier molecular flexibility index (Phi) is 6.29. The molecular formula is C30H30N4O3. The van der Waals surface area contributed by atoms with Crippen molar-refractivity contribution in [3.63, 3.8) is 0 Å². The highest BCUT2D eigenvalue weighted by atomic mass is 16.3. The molecule has 0 saturated carbocycles. The summed E-state index contributed by atoms with van der Waals surface area (Å²) in [5.41, 5.74) is 11.2. The van der Waals surface area contributed by atoms with Gasteiger partial charge in [-0.3, -0.25) is 9.59 Å². The summed E-state index contributed by atoms with van der Waals surface area (Å²) < 4.78 is 6.02. The number of nitrogens with one attached hydrogen (secondary N) is 1. The topological polar surface area (TPSA) is 101 Å². The third-order valence-electron chi connectivity index (χ3n) is 6.52. The molecule has 1 fully saturated rings. The van der Waals surface area contributed by atoms with Gasteiger partial charge in [0.2, 0.25) is 5.91 Å². The van der Waals surface area contributed by atoms with Crippen LogP contribution in [0.2, 0.25) is 0 Å². The van der Waals surface area contributed by atoms with Gasteiger partial charge in [0.25, 0.3) is 5.91 Å². The number of pyridine rings is 1. The predicted molar refractivity (Wildman–Crippen MR) is 146 cm³/mol. The van der Waals surface area contributed by atoms with Crippen LogP contribution in [0.3, 0.4) is 0 Å². The van der Waals surface area contributed by atoms with Gasteiger partial charge in [0.15, 0.2) is 0 Å². The number of hydrogen-bond acceptors (Lipinski definition) is 5. The molecule has 2 aromatic carbocycles. The van der Waals surface area contributed by atoms with Crippen LogP contribution in [0.15, 0.2) is 71.3 Å². The number of anilines is 1. The Labute approximate surface area is 216 Å². The lowest BCUT2D eigenvalue weighted by atomic mass is 9.84. The second kappa shape index (κ2) is 9.58. The van der Waals surface area contributed by atoms with Crippen LogP contribution in [0.5, 0.6) is 0 Å². The van der Waals surface area contributed by atoms with Crippen molar-refractivity contribution >= 4 is 34.7 Å². The van der Waals surface area contributed by atoms with Crippen molar-refractivity contribution in [2.24, 2.45) is 5.41 Å². The largest absolute Gasteiger partial charge is 0.459 e. The van der Waals surface area contributed by atoms with Crippen molar-refractivity contribution in [2.75, 3.05) is 18.8 Å². The van der Waals surface area contributed by atoms with E-state index in [9.17, 15) is 9.59 Å². The van der Waals surface area contributed by atoms with E-state index >= 15 is 0 Å². The van der Waals surface area contributed by atoms with Crippen LogP contribution >= 0.6 is 0 Å². The van der Waals surface area contributed by atoms with Crippen LogP contribution < -0.4 is 11.1 Å². The van der Waals surface area contributed by atoms with Crippen LogP contribution in [-0.2, 0) is 11.3 Å². The summed E-state index contributed by atoms with van der Waals surface area (Å²) in [6, 6.07) is 17.3. The highest BCUT2D eigenvalue weighted by Gasteiger charge is 2.37. The van der Waals surface area contributed by atoms with Gasteiger partial charge in [-0.25, -0.2) is 4.98 Å². The predicted octanol–water partition coefficient (Wildman–Crippen LogP) is 5.20. The normalized spacial score (nSPS) is 14.6. The number of aromatic nitrogens is 1. The van der Waals surface area contributed by atoms with E-state index in [1.807, 2.05) is 42.2 Å². The fourth-order valence-electron chi connectivity index (χ4n) is 4.67. The molecule has 2 amide bonds. The molecule has 37 heavy (non-hydrogen) atoms.